The van der Waals surface area contributed by atoms with E-state index >= 15 is 0 Å². The fourth-order valence-electron chi connectivity index (χ4n) is 2.13. The maximum atomic E-state index is 9.56. The Hall–Kier alpha value is -1.67. The van der Waals surface area contributed by atoms with Gasteiger partial charge in [0.2, 0.25) is 0 Å². The number of benzene rings is 2. The molecular formula is C14H11ClO2. The molecule has 2 aromatic carbocycles. The number of phenols is 1. The molecule has 0 spiro atoms. The summed E-state index contributed by atoms with van der Waals surface area (Å²) >= 11 is 5.94. The van der Waals surface area contributed by atoms with Crippen LogP contribution < -0.4 is 4.74 Å². The standard InChI is InChI=1S/C14H11ClO2/c1-8-2-3-10-9(4-8)7-17-14-6-13(16)12(15)5-11(10)14/h2-6,16H,7H2,1H3. The van der Waals surface area contributed by atoms with E-state index < -0.39 is 0 Å². The summed E-state index contributed by atoms with van der Waals surface area (Å²) in [7, 11) is 0. The molecule has 0 aliphatic carbocycles. The fraction of sp³-hybridized carbons (Fsp3) is 0.143. The third kappa shape index (κ3) is 1.65. The van der Waals surface area contributed by atoms with E-state index in [4.69, 9.17) is 16.3 Å². The largest absolute Gasteiger partial charge is 0.506 e. The van der Waals surface area contributed by atoms with E-state index in [1.165, 1.54) is 5.56 Å². The Kier molecular flexibility index (Phi) is 2.26. The molecule has 0 aromatic heterocycles. The summed E-state index contributed by atoms with van der Waals surface area (Å²) in [5, 5.41) is 9.90. The normalized spacial score (nSPS) is 12.6. The van der Waals surface area contributed by atoms with Gasteiger partial charge in [0.05, 0.1) is 5.02 Å². The minimum atomic E-state index is 0.0565. The predicted octanol–water partition coefficient (Wildman–Crippen LogP) is 3.91. The maximum absolute atomic E-state index is 9.56. The molecule has 3 rings (SSSR count). The van der Waals surface area contributed by atoms with E-state index in [2.05, 4.69) is 25.1 Å². The molecule has 2 aromatic rings. The van der Waals surface area contributed by atoms with Crippen molar-refractivity contribution in [3.8, 4) is 22.6 Å². The van der Waals surface area contributed by atoms with Gasteiger partial charge in [-0.15, -0.1) is 0 Å². The number of hydrogen-bond acceptors (Lipinski definition) is 2. The molecule has 1 aliphatic rings. The molecule has 0 amide bonds. The molecule has 0 unspecified atom stereocenters. The lowest BCUT2D eigenvalue weighted by Crippen LogP contribution is -2.05. The van der Waals surface area contributed by atoms with Gasteiger partial charge < -0.3 is 9.84 Å². The first-order chi connectivity index (χ1) is 8.15. The van der Waals surface area contributed by atoms with Crippen LogP contribution in [0.15, 0.2) is 30.3 Å². The molecule has 1 heterocycles. The van der Waals surface area contributed by atoms with Crippen LogP contribution in [-0.2, 0) is 6.61 Å². The highest BCUT2D eigenvalue weighted by Gasteiger charge is 2.19. The number of aryl methyl sites for hydroxylation is 1. The van der Waals surface area contributed by atoms with Crippen molar-refractivity contribution in [1.29, 1.82) is 0 Å². The average Bonchev–Trinajstić information content (AvgIpc) is 2.30. The van der Waals surface area contributed by atoms with Crippen LogP contribution in [0.5, 0.6) is 11.5 Å². The zero-order valence-electron chi connectivity index (χ0n) is 9.33. The van der Waals surface area contributed by atoms with Crippen molar-refractivity contribution in [1.82, 2.24) is 0 Å². The quantitative estimate of drug-likeness (QED) is 0.764. The molecule has 0 saturated carbocycles. The molecule has 0 bridgehead atoms. The van der Waals surface area contributed by atoms with Gasteiger partial charge in [0.25, 0.3) is 0 Å². The van der Waals surface area contributed by atoms with Crippen molar-refractivity contribution in [3.63, 3.8) is 0 Å². The van der Waals surface area contributed by atoms with Gasteiger partial charge in [0.15, 0.2) is 0 Å². The molecule has 2 nitrogen and oxygen atoms in total. The van der Waals surface area contributed by atoms with E-state index in [-0.39, 0.29) is 5.75 Å². The van der Waals surface area contributed by atoms with Crippen LogP contribution in [-0.4, -0.2) is 5.11 Å². The Morgan fingerprint density at radius 3 is 2.82 bits per heavy atom. The summed E-state index contributed by atoms with van der Waals surface area (Å²) in [4.78, 5) is 0. The van der Waals surface area contributed by atoms with Crippen molar-refractivity contribution in [2.24, 2.45) is 0 Å². The van der Waals surface area contributed by atoms with Crippen molar-refractivity contribution in [2.45, 2.75) is 13.5 Å². The lowest BCUT2D eigenvalue weighted by atomic mass is 9.95. The molecule has 86 valence electrons. The smallest absolute Gasteiger partial charge is 0.137 e. The predicted molar refractivity (Wildman–Crippen MR) is 67.6 cm³/mol. The minimum Gasteiger partial charge on any atom is -0.506 e. The maximum Gasteiger partial charge on any atom is 0.137 e. The summed E-state index contributed by atoms with van der Waals surface area (Å²) in [5.74, 6) is 0.740. The number of aromatic hydroxyl groups is 1. The topological polar surface area (TPSA) is 29.5 Å². The molecule has 0 radical (unpaired) electrons. The van der Waals surface area contributed by atoms with Crippen LogP contribution in [0, 0.1) is 6.92 Å². The van der Waals surface area contributed by atoms with Crippen molar-refractivity contribution >= 4 is 11.6 Å². The highest BCUT2D eigenvalue weighted by atomic mass is 35.5. The van der Waals surface area contributed by atoms with E-state index in [9.17, 15) is 5.11 Å². The molecular weight excluding hydrogens is 236 g/mol. The lowest BCUT2D eigenvalue weighted by molar-refractivity contribution is 0.300. The van der Waals surface area contributed by atoms with Gasteiger partial charge in [-0.2, -0.15) is 0 Å². The van der Waals surface area contributed by atoms with Crippen LogP contribution in [0.2, 0.25) is 5.02 Å². The van der Waals surface area contributed by atoms with Crippen LogP contribution in [0.25, 0.3) is 11.1 Å². The van der Waals surface area contributed by atoms with Crippen molar-refractivity contribution < 1.29 is 9.84 Å². The minimum absolute atomic E-state index is 0.0565. The molecule has 17 heavy (non-hydrogen) atoms. The number of phenolic OH excluding ortho intramolecular Hbond substituents is 1. The van der Waals surface area contributed by atoms with Gasteiger partial charge >= 0.3 is 0 Å². The second-order valence-corrected chi connectivity index (χ2v) is 4.66. The Morgan fingerprint density at radius 1 is 1.18 bits per heavy atom. The molecule has 3 heteroatoms. The van der Waals surface area contributed by atoms with Crippen LogP contribution >= 0.6 is 11.6 Å². The second-order valence-electron chi connectivity index (χ2n) is 4.25. The zero-order valence-corrected chi connectivity index (χ0v) is 10.1. The van der Waals surface area contributed by atoms with Gasteiger partial charge in [-0.3, -0.25) is 0 Å². The first-order valence-corrected chi connectivity index (χ1v) is 5.78. The average molecular weight is 247 g/mol. The first kappa shape index (κ1) is 10.5. The SMILES string of the molecule is Cc1ccc2c(c1)COc1cc(O)c(Cl)cc1-2. The molecule has 0 saturated heterocycles. The van der Waals surface area contributed by atoms with E-state index in [0.717, 1.165) is 16.7 Å². The second kappa shape index (κ2) is 3.67. The van der Waals surface area contributed by atoms with Gasteiger partial charge in [-0.1, -0.05) is 35.4 Å². The Morgan fingerprint density at radius 2 is 2.00 bits per heavy atom. The van der Waals surface area contributed by atoms with Crippen molar-refractivity contribution in [2.75, 3.05) is 0 Å². The summed E-state index contributed by atoms with van der Waals surface area (Å²) in [6.07, 6.45) is 0. The van der Waals surface area contributed by atoms with Gasteiger partial charge in [0.1, 0.15) is 18.1 Å². The fourth-order valence-corrected chi connectivity index (χ4v) is 2.30. The van der Waals surface area contributed by atoms with E-state index in [1.807, 2.05) is 0 Å². The van der Waals surface area contributed by atoms with Gasteiger partial charge in [0, 0.05) is 11.6 Å². The number of rotatable bonds is 0. The number of ether oxygens (including phenoxy) is 1. The lowest BCUT2D eigenvalue weighted by Gasteiger charge is -2.21. The van der Waals surface area contributed by atoms with Crippen molar-refractivity contribution in [3.05, 3.63) is 46.5 Å². The van der Waals surface area contributed by atoms with Gasteiger partial charge in [-0.05, 0) is 24.1 Å². The number of fused-ring (bicyclic) bond motifs is 3. The van der Waals surface area contributed by atoms with Crippen LogP contribution in [0.4, 0.5) is 0 Å². The molecule has 1 aliphatic heterocycles. The Balaban J connectivity index is 2.25. The third-order valence-electron chi connectivity index (χ3n) is 2.98. The monoisotopic (exact) mass is 246 g/mol. The zero-order chi connectivity index (χ0) is 12.0. The summed E-state index contributed by atoms with van der Waals surface area (Å²) < 4.78 is 5.62. The third-order valence-corrected chi connectivity index (χ3v) is 3.29. The molecule has 0 fully saturated rings. The molecule has 1 N–H and O–H groups in total. The van der Waals surface area contributed by atoms with Crippen LogP contribution in [0.3, 0.4) is 0 Å². The Labute approximate surface area is 104 Å². The summed E-state index contributed by atoms with van der Waals surface area (Å²) in [6.45, 7) is 2.59. The number of hydrogen-bond donors (Lipinski definition) is 1. The van der Waals surface area contributed by atoms with E-state index in [0.29, 0.717) is 17.4 Å². The van der Waals surface area contributed by atoms with E-state index in [1.54, 1.807) is 12.1 Å². The Bertz CT molecular complexity index is 605. The number of halogens is 1. The summed E-state index contributed by atoms with van der Waals surface area (Å²) in [6, 6.07) is 9.56. The molecule has 0 atom stereocenters. The highest BCUT2D eigenvalue weighted by Crippen LogP contribution is 2.42. The van der Waals surface area contributed by atoms with Crippen LogP contribution in [0.1, 0.15) is 11.1 Å². The highest BCUT2D eigenvalue weighted by molar-refractivity contribution is 6.32. The summed E-state index contributed by atoms with van der Waals surface area (Å²) in [5.41, 5.74) is 4.42. The first-order valence-electron chi connectivity index (χ1n) is 5.40. The van der Waals surface area contributed by atoms with Gasteiger partial charge in [-0.25, -0.2) is 0 Å².